The number of likely N-dealkylation sites (N-methyl/N-ethyl adjacent to an activating group) is 1. The molecule has 0 aromatic heterocycles. The van der Waals surface area contributed by atoms with Gasteiger partial charge in [0.15, 0.2) is 5.82 Å². The van der Waals surface area contributed by atoms with Crippen molar-refractivity contribution in [2.45, 2.75) is 32.1 Å². The smallest absolute Gasteiger partial charge is 0.241 e. The van der Waals surface area contributed by atoms with Crippen LogP contribution in [0.25, 0.3) is 0 Å². The molecule has 0 bridgehead atoms. The second-order valence-corrected chi connectivity index (χ2v) is 8.34. The molecular weight excluding hydrogens is 443 g/mol. The summed E-state index contributed by atoms with van der Waals surface area (Å²) < 4.78 is 11.9. The van der Waals surface area contributed by atoms with E-state index in [1.807, 2.05) is 60.4 Å². The Morgan fingerprint density at radius 2 is 1.97 bits per heavy atom. The highest BCUT2D eigenvalue weighted by Gasteiger charge is 2.45. The van der Waals surface area contributed by atoms with E-state index in [2.05, 4.69) is 23.6 Å². The second-order valence-electron chi connectivity index (χ2n) is 7.78. The average Bonchev–Trinajstić information content (AvgIpc) is 2.95. The minimum Gasteiger partial charge on any atom is -0.382 e. The van der Waals surface area contributed by atoms with Crippen LogP contribution in [0, 0.1) is 10.8 Å². The van der Waals surface area contributed by atoms with Gasteiger partial charge in [0.2, 0.25) is 5.91 Å². The van der Waals surface area contributed by atoms with Crippen LogP contribution in [0.3, 0.4) is 0 Å². The Morgan fingerprint density at radius 3 is 2.45 bits per heavy atom. The molecule has 2 atom stereocenters. The van der Waals surface area contributed by atoms with E-state index in [1.165, 1.54) is 12.6 Å². The van der Waals surface area contributed by atoms with Gasteiger partial charge in [-0.05, 0) is 43.5 Å². The zero-order valence-electron chi connectivity index (χ0n) is 19.4. The number of carbonyl (C=O) groups excluding carboxylic acids is 1. The molecule has 1 aliphatic carbocycles. The molecule has 0 fully saturated rings. The molecule has 6 N–H and O–H groups in total. The number of anilines is 1. The first-order valence-electron chi connectivity index (χ1n) is 10.7. The molecule has 2 aliphatic rings. The maximum absolute atomic E-state index is 13.3. The topological polar surface area (TPSA) is 106 Å². The van der Waals surface area contributed by atoms with E-state index in [0.717, 1.165) is 23.4 Å². The van der Waals surface area contributed by atoms with Crippen LogP contribution in [-0.4, -0.2) is 31.2 Å². The number of amidine groups is 1. The molecule has 1 aromatic carbocycles. The van der Waals surface area contributed by atoms with Gasteiger partial charge in [-0.1, -0.05) is 43.4 Å². The Labute approximate surface area is 199 Å². The molecule has 7 nitrogen and oxygen atoms in total. The van der Waals surface area contributed by atoms with Crippen molar-refractivity contribution >= 4 is 29.0 Å². The summed E-state index contributed by atoms with van der Waals surface area (Å²) in [6.07, 6.45) is 9.52. The molecule has 9 heteroatoms. The van der Waals surface area contributed by atoms with E-state index in [0.29, 0.717) is 6.42 Å². The fourth-order valence-electron chi connectivity index (χ4n) is 3.81. The van der Waals surface area contributed by atoms with Crippen molar-refractivity contribution in [3.8, 4) is 0 Å². The van der Waals surface area contributed by atoms with Gasteiger partial charge in [0.05, 0.1) is 10.8 Å². The summed E-state index contributed by atoms with van der Waals surface area (Å²) in [4.78, 5) is 15.2. The van der Waals surface area contributed by atoms with Crippen LogP contribution in [0.2, 0.25) is 0 Å². The zero-order valence-corrected chi connectivity index (χ0v) is 20.1. The molecule has 3 rings (SSSR count). The highest BCUT2D eigenvalue weighted by atomic mass is 35.5. The summed E-state index contributed by atoms with van der Waals surface area (Å²) in [7, 11) is 3.06. The predicted octanol–water partition coefficient (Wildman–Crippen LogP) is 3.83. The van der Waals surface area contributed by atoms with E-state index < -0.39 is 5.41 Å². The van der Waals surface area contributed by atoms with E-state index in [9.17, 15) is 9.28 Å². The predicted molar refractivity (Wildman–Crippen MR) is 133 cm³/mol. The normalized spacial score (nSPS) is 22.4. The van der Waals surface area contributed by atoms with Crippen LogP contribution < -0.4 is 26.8 Å². The monoisotopic (exact) mass is 474 g/mol. The largest absolute Gasteiger partial charge is 0.382 e. The Balaban J connectivity index is 0.000000299. The summed E-state index contributed by atoms with van der Waals surface area (Å²) in [5, 5.41) is 11.9. The van der Waals surface area contributed by atoms with Gasteiger partial charge in [0.25, 0.3) is 0 Å². The minimum absolute atomic E-state index is 0.0417. The van der Waals surface area contributed by atoms with Crippen molar-refractivity contribution in [1.29, 1.82) is 5.41 Å². The summed E-state index contributed by atoms with van der Waals surface area (Å²) in [6, 6.07) is 9.84. The van der Waals surface area contributed by atoms with E-state index >= 15 is 0 Å². The van der Waals surface area contributed by atoms with Gasteiger partial charge in [0, 0.05) is 25.5 Å². The summed E-state index contributed by atoms with van der Waals surface area (Å²) in [5.41, 5.74) is 9.10. The van der Waals surface area contributed by atoms with Crippen LogP contribution in [0.4, 0.5) is 10.2 Å². The van der Waals surface area contributed by atoms with Crippen LogP contribution in [0.15, 0.2) is 77.4 Å². The van der Waals surface area contributed by atoms with Crippen molar-refractivity contribution < 1.29 is 9.28 Å². The van der Waals surface area contributed by atoms with Gasteiger partial charge in [-0.15, -0.1) is 16.1 Å². The number of benzene rings is 1. The molecule has 1 heterocycles. The van der Waals surface area contributed by atoms with Gasteiger partial charge < -0.3 is 16.4 Å². The second kappa shape index (κ2) is 11.6. The number of nitrogens with two attached hydrogens (primary N) is 1. The molecule has 1 aliphatic heterocycles. The highest BCUT2D eigenvalue weighted by molar-refractivity contribution is 6.22. The number of fused-ring (bicyclic) bond motifs is 1. The molecule has 33 heavy (non-hydrogen) atoms. The summed E-state index contributed by atoms with van der Waals surface area (Å²) >= 11 is 6.35. The number of nitrogens with zero attached hydrogens (tertiary/aromatic N) is 1. The lowest BCUT2D eigenvalue weighted by molar-refractivity contribution is -0.125. The standard InChI is InChI=1S/C19H20ClNO.C5H12FN5/c1-3-16-12-14-8-7-9-15(20)13-19(14,2)18(22)21(16)17-10-5-4-6-11-17;1-9-3(4(7)8)5(10-2)11-6/h4-12,15H,3,13H2,1-2H3;9-11H,1-2H3,(H3,7,8)/b;5-3+. The molecule has 178 valence electrons. The van der Waals surface area contributed by atoms with Crippen molar-refractivity contribution in [2.75, 3.05) is 19.0 Å². The third kappa shape index (κ3) is 5.76. The van der Waals surface area contributed by atoms with E-state index in [1.54, 1.807) is 7.05 Å². The number of rotatable bonds is 6. The quantitative estimate of drug-likeness (QED) is 0.186. The molecular formula is C24H32ClFN6O. The molecule has 0 radical (unpaired) electrons. The SMILES string of the molecule is CCC1=CC2=CC=CC(Cl)CC2(C)C(=O)N1c1ccccc1.CN/C(NF)=C(\NC)C(=N)N. The number of allylic oxidation sites excluding steroid dienone is 5. The lowest BCUT2D eigenvalue weighted by Crippen LogP contribution is -2.47. The number of nitrogens with one attached hydrogen (secondary N) is 4. The molecule has 0 saturated carbocycles. The zero-order chi connectivity index (χ0) is 24.6. The lowest BCUT2D eigenvalue weighted by Gasteiger charge is -2.41. The van der Waals surface area contributed by atoms with E-state index in [-0.39, 0.29) is 28.6 Å². The molecule has 0 spiro atoms. The maximum atomic E-state index is 13.3. The van der Waals surface area contributed by atoms with Crippen molar-refractivity contribution in [3.05, 3.63) is 77.4 Å². The number of amides is 1. The lowest BCUT2D eigenvalue weighted by atomic mass is 9.74. The maximum Gasteiger partial charge on any atom is 0.241 e. The molecule has 2 unspecified atom stereocenters. The van der Waals surface area contributed by atoms with Gasteiger partial charge in [-0.2, -0.15) is 0 Å². The number of halogens is 2. The highest BCUT2D eigenvalue weighted by Crippen LogP contribution is 2.44. The van der Waals surface area contributed by atoms with Gasteiger partial charge in [-0.3, -0.25) is 15.1 Å². The van der Waals surface area contributed by atoms with Crippen LogP contribution >= 0.6 is 11.6 Å². The Hall–Kier alpha value is -3.26. The fraction of sp³-hybridized carbons (Fsp3) is 0.333. The minimum atomic E-state index is -0.579. The van der Waals surface area contributed by atoms with Crippen LogP contribution in [0.5, 0.6) is 0 Å². The van der Waals surface area contributed by atoms with Crippen molar-refractivity contribution in [1.82, 2.24) is 16.2 Å². The van der Waals surface area contributed by atoms with Crippen LogP contribution in [-0.2, 0) is 4.79 Å². The first-order valence-corrected chi connectivity index (χ1v) is 11.1. The summed E-state index contributed by atoms with van der Waals surface area (Å²) in [5.74, 6) is -0.0827. The van der Waals surface area contributed by atoms with Crippen molar-refractivity contribution in [3.63, 3.8) is 0 Å². The van der Waals surface area contributed by atoms with Gasteiger partial charge in [-0.25, -0.2) is 5.54 Å². The Morgan fingerprint density at radius 1 is 1.30 bits per heavy atom. The average molecular weight is 475 g/mol. The number of hydrogen-bond acceptors (Lipinski definition) is 5. The van der Waals surface area contributed by atoms with Gasteiger partial charge in [0.1, 0.15) is 11.5 Å². The third-order valence-corrected chi connectivity index (χ3v) is 5.91. The molecule has 0 saturated heterocycles. The van der Waals surface area contributed by atoms with E-state index in [4.69, 9.17) is 22.7 Å². The molecule has 1 aromatic rings. The number of carbonyl (C=O) groups is 1. The third-order valence-electron chi connectivity index (χ3n) is 5.61. The molecule has 1 amide bonds. The first kappa shape index (κ1) is 26.0. The number of hydrogen-bond donors (Lipinski definition) is 5. The van der Waals surface area contributed by atoms with Crippen molar-refractivity contribution in [2.24, 2.45) is 11.1 Å². The number of para-hydroxylation sites is 1. The number of alkyl halides is 1. The Bertz CT molecular complexity index is 982. The van der Waals surface area contributed by atoms with Gasteiger partial charge >= 0.3 is 0 Å². The van der Waals surface area contributed by atoms with Crippen LogP contribution in [0.1, 0.15) is 26.7 Å². The Kier molecular flexibility index (Phi) is 9.11. The first-order chi connectivity index (χ1) is 15.7. The summed E-state index contributed by atoms with van der Waals surface area (Å²) in [6.45, 7) is 4.08. The fourth-order valence-corrected chi connectivity index (χ4v) is 4.21.